The average molecular weight is 445 g/mol. The molecular weight excluding hydrogens is 426 g/mol. The number of phenols is 1. The Morgan fingerprint density at radius 2 is 2.03 bits per heavy atom. The van der Waals surface area contributed by atoms with Crippen molar-refractivity contribution in [2.45, 2.75) is 12.3 Å². The molecule has 0 bridgehead atoms. The second-order valence-electron chi connectivity index (χ2n) is 7.56. The molecule has 8 nitrogen and oxygen atoms in total. The number of aromatic nitrogens is 1. The van der Waals surface area contributed by atoms with Gasteiger partial charge in [-0.2, -0.15) is 0 Å². The quantitative estimate of drug-likeness (QED) is 0.470. The van der Waals surface area contributed by atoms with Gasteiger partial charge in [0.15, 0.2) is 17.3 Å². The number of rotatable bonds is 4. The summed E-state index contributed by atoms with van der Waals surface area (Å²) in [5, 5.41) is 10.1. The van der Waals surface area contributed by atoms with Crippen molar-refractivity contribution < 1.29 is 33.6 Å². The first-order valence-corrected chi connectivity index (χ1v) is 10.2. The fourth-order valence-corrected chi connectivity index (χ4v) is 4.10. The lowest BCUT2D eigenvalue weighted by Crippen LogP contribution is -2.16. The lowest BCUT2D eigenvalue weighted by atomic mass is 9.85. The van der Waals surface area contributed by atoms with E-state index < -0.39 is 11.9 Å². The molecule has 0 saturated heterocycles. The Hall–Kier alpha value is -4.33. The normalized spacial score (nSPS) is 16.8. The Morgan fingerprint density at radius 3 is 2.79 bits per heavy atom. The van der Waals surface area contributed by atoms with Crippen molar-refractivity contribution in [1.82, 2.24) is 4.98 Å². The highest BCUT2D eigenvalue weighted by Crippen LogP contribution is 2.52. The zero-order valence-electron chi connectivity index (χ0n) is 17.8. The maximum Gasteiger partial charge on any atom is 0.306 e. The first-order valence-electron chi connectivity index (χ1n) is 10.2. The topological polar surface area (TPSA) is 104 Å². The standard InChI is InChI=1S/C25H19NO7/c1-30-18-7-5-13(10-17(18)27)11-20-23(29)15-6-8-19-22(24(15)32-20)16(12-21(28)31-2)14-4-3-9-26-25(14)33-19/h3-11,16,27H,12H2,1-2H3. The van der Waals surface area contributed by atoms with Gasteiger partial charge < -0.3 is 24.1 Å². The number of nitrogens with zero attached hydrogens (tertiary/aromatic N) is 1. The van der Waals surface area contributed by atoms with Gasteiger partial charge in [-0.15, -0.1) is 0 Å². The highest BCUT2D eigenvalue weighted by Gasteiger charge is 2.39. The highest BCUT2D eigenvalue weighted by molar-refractivity contribution is 6.15. The van der Waals surface area contributed by atoms with Crippen LogP contribution in [0, 0.1) is 0 Å². The van der Waals surface area contributed by atoms with E-state index in [2.05, 4.69) is 4.98 Å². The van der Waals surface area contributed by atoms with E-state index in [1.54, 1.807) is 42.6 Å². The molecule has 166 valence electrons. The molecule has 5 rings (SSSR count). The summed E-state index contributed by atoms with van der Waals surface area (Å²) >= 11 is 0. The van der Waals surface area contributed by atoms with E-state index in [0.29, 0.717) is 45.4 Å². The van der Waals surface area contributed by atoms with Crippen LogP contribution in [0.5, 0.6) is 28.9 Å². The number of hydrogen-bond donors (Lipinski definition) is 1. The van der Waals surface area contributed by atoms with Crippen LogP contribution in [0.2, 0.25) is 0 Å². The monoisotopic (exact) mass is 445 g/mol. The molecule has 2 aliphatic heterocycles. The number of benzene rings is 2. The zero-order valence-corrected chi connectivity index (χ0v) is 17.8. The van der Waals surface area contributed by atoms with Gasteiger partial charge in [0, 0.05) is 23.2 Å². The minimum atomic E-state index is -0.461. The molecule has 8 heteroatoms. The van der Waals surface area contributed by atoms with Gasteiger partial charge in [-0.1, -0.05) is 12.1 Å². The number of aromatic hydroxyl groups is 1. The third-order valence-electron chi connectivity index (χ3n) is 5.67. The van der Waals surface area contributed by atoms with Gasteiger partial charge in [0.05, 0.1) is 26.2 Å². The second-order valence-corrected chi connectivity index (χ2v) is 7.56. The zero-order chi connectivity index (χ0) is 23.1. The summed E-state index contributed by atoms with van der Waals surface area (Å²) in [4.78, 5) is 29.6. The Kier molecular flexibility index (Phi) is 4.97. The van der Waals surface area contributed by atoms with E-state index in [0.717, 1.165) is 0 Å². The average Bonchev–Trinajstić information content (AvgIpc) is 3.14. The van der Waals surface area contributed by atoms with Gasteiger partial charge in [-0.25, -0.2) is 4.98 Å². The van der Waals surface area contributed by atoms with Crippen LogP contribution in [0.4, 0.5) is 0 Å². The molecule has 0 radical (unpaired) electrons. The Morgan fingerprint density at radius 1 is 1.18 bits per heavy atom. The molecule has 0 amide bonds. The number of hydrogen-bond acceptors (Lipinski definition) is 8. The van der Waals surface area contributed by atoms with Crippen LogP contribution in [0.3, 0.4) is 0 Å². The second kappa shape index (κ2) is 7.98. The summed E-state index contributed by atoms with van der Waals surface area (Å²) in [5.74, 6) is 0.383. The Labute approximate surface area is 189 Å². The van der Waals surface area contributed by atoms with Gasteiger partial charge in [0.2, 0.25) is 11.7 Å². The fourth-order valence-electron chi connectivity index (χ4n) is 4.10. The number of Topliss-reactive ketones (excluding diaryl/α,β-unsaturated/α-hetero) is 1. The lowest BCUT2D eigenvalue weighted by Gasteiger charge is -2.27. The number of ketones is 1. The first-order chi connectivity index (χ1) is 16.0. The van der Waals surface area contributed by atoms with Crippen LogP contribution in [0.1, 0.15) is 39.4 Å². The molecule has 2 aliphatic rings. The minimum absolute atomic E-state index is 0.0327. The summed E-state index contributed by atoms with van der Waals surface area (Å²) in [6, 6.07) is 11.7. The Balaban J connectivity index is 1.59. The molecule has 0 saturated carbocycles. The van der Waals surface area contributed by atoms with Crippen LogP contribution in [-0.2, 0) is 9.53 Å². The number of pyridine rings is 1. The van der Waals surface area contributed by atoms with Crippen LogP contribution < -0.4 is 14.2 Å². The van der Waals surface area contributed by atoms with Crippen molar-refractivity contribution in [3.63, 3.8) is 0 Å². The number of esters is 1. The molecule has 0 spiro atoms. The predicted octanol–water partition coefficient (Wildman–Crippen LogP) is 4.21. The molecule has 3 heterocycles. The van der Waals surface area contributed by atoms with Crippen LogP contribution >= 0.6 is 0 Å². The molecule has 1 unspecified atom stereocenters. The van der Waals surface area contributed by atoms with Crippen molar-refractivity contribution in [3.8, 4) is 28.9 Å². The van der Waals surface area contributed by atoms with E-state index in [4.69, 9.17) is 18.9 Å². The smallest absolute Gasteiger partial charge is 0.306 e. The maximum absolute atomic E-state index is 13.1. The SMILES string of the molecule is COC(=O)CC1c2cccnc2Oc2ccc3c(c21)OC(=Cc1ccc(OC)c(O)c1)C3=O. The van der Waals surface area contributed by atoms with Crippen molar-refractivity contribution in [2.75, 3.05) is 14.2 Å². The van der Waals surface area contributed by atoms with Crippen LogP contribution in [-0.4, -0.2) is 36.1 Å². The third-order valence-corrected chi connectivity index (χ3v) is 5.67. The van der Waals surface area contributed by atoms with Gasteiger partial charge in [-0.05, 0) is 42.0 Å². The first kappa shape index (κ1) is 20.6. The summed E-state index contributed by atoms with van der Waals surface area (Å²) in [7, 11) is 2.78. The summed E-state index contributed by atoms with van der Waals surface area (Å²) < 4.78 is 21.9. The predicted molar refractivity (Wildman–Crippen MR) is 117 cm³/mol. The number of methoxy groups -OCH3 is 2. The number of carbonyl (C=O) groups excluding carboxylic acids is 2. The number of fused-ring (bicyclic) bond motifs is 4. The van der Waals surface area contributed by atoms with Gasteiger partial charge in [0.1, 0.15) is 11.5 Å². The van der Waals surface area contributed by atoms with Gasteiger partial charge in [-0.3, -0.25) is 9.59 Å². The molecule has 1 atom stereocenters. The summed E-state index contributed by atoms with van der Waals surface area (Å²) in [6.07, 6.45) is 3.19. The maximum atomic E-state index is 13.1. The summed E-state index contributed by atoms with van der Waals surface area (Å²) in [5.41, 5.74) is 2.23. The summed E-state index contributed by atoms with van der Waals surface area (Å²) in [6.45, 7) is 0. The van der Waals surface area contributed by atoms with Crippen LogP contribution in [0.15, 0.2) is 54.4 Å². The van der Waals surface area contributed by atoms with Crippen molar-refractivity contribution >= 4 is 17.8 Å². The molecular formula is C25H19NO7. The van der Waals surface area contributed by atoms with Gasteiger partial charge in [0.25, 0.3) is 0 Å². The Bertz CT molecular complexity index is 1330. The number of phenolic OH excluding ortho intramolecular Hbond substituents is 1. The molecule has 3 aromatic rings. The molecule has 0 aliphatic carbocycles. The van der Waals surface area contributed by atoms with Gasteiger partial charge >= 0.3 is 5.97 Å². The molecule has 1 aromatic heterocycles. The van der Waals surface area contributed by atoms with Crippen molar-refractivity contribution in [2.24, 2.45) is 0 Å². The van der Waals surface area contributed by atoms with E-state index >= 15 is 0 Å². The third kappa shape index (κ3) is 3.45. The van der Waals surface area contributed by atoms with E-state index in [1.165, 1.54) is 20.3 Å². The molecule has 33 heavy (non-hydrogen) atoms. The van der Waals surface area contributed by atoms with E-state index in [1.807, 2.05) is 6.07 Å². The molecule has 0 fully saturated rings. The van der Waals surface area contributed by atoms with E-state index in [-0.39, 0.29) is 23.7 Å². The number of allylic oxidation sites excluding steroid dienone is 1. The lowest BCUT2D eigenvalue weighted by molar-refractivity contribution is -0.140. The molecule has 2 aromatic carbocycles. The number of ether oxygens (including phenoxy) is 4. The number of carbonyl (C=O) groups is 2. The van der Waals surface area contributed by atoms with E-state index in [9.17, 15) is 14.7 Å². The van der Waals surface area contributed by atoms with Crippen LogP contribution in [0.25, 0.3) is 6.08 Å². The molecule has 1 N–H and O–H groups in total. The highest BCUT2D eigenvalue weighted by atomic mass is 16.5. The van der Waals surface area contributed by atoms with Crippen molar-refractivity contribution in [3.05, 3.63) is 76.7 Å². The van der Waals surface area contributed by atoms with Crippen molar-refractivity contribution in [1.29, 1.82) is 0 Å². The fraction of sp³-hybridized carbons (Fsp3) is 0.160. The minimum Gasteiger partial charge on any atom is -0.504 e. The largest absolute Gasteiger partial charge is 0.504 e.